The number of halogens is 1. The maximum Gasteiger partial charge on any atom is 0.162 e. The van der Waals surface area contributed by atoms with E-state index in [0.717, 1.165) is 10.0 Å². The van der Waals surface area contributed by atoms with E-state index >= 15 is 0 Å². The summed E-state index contributed by atoms with van der Waals surface area (Å²) >= 11 is 3.39. The number of ketones is 1. The summed E-state index contributed by atoms with van der Waals surface area (Å²) in [5.41, 5.74) is 6.23. The van der Waals surface area contributed by atoms with E-state index in [1.807, 2.05) is 24.3 Å². The second-order valence-electron chi connectivity index (χ2n) is 3.15. The summed E-state index contributed by atoms with van der Waals surface area (Å²) in [6.45, 7) is 1.02. The van der Waals surface area contributed by atoms with Crippen LogP contribution in [0.15, 0.2) is 28.7 Å². The molecule has 1 rings (SSSR count). The second kappa shape index (κ2) is 6.71. The number of Topliss-reactive ketones (excluding diaryl/α,β-unsaturated/α-hetero) is 1. The topological polar surface area (TPSA) is 52.3 Å². The first-order chi connectivity index (χ1) is 7.24. The van der Waals surface area contributed by atoms with Crippen LogP contribution in [-0.4, -0.2) is 25.5 Å². The fourth-order valence-electron chi connectivity index (χ4n) is 1.17. The minimum atomic E-state index is 0.0651. The van der Waals surface area contributed by atoms with Crippen LogP contribution in [0.2, 0.25) is 0 Å². The Hall–Kier alpha value is -0.710. The molecular weight excluding hydrogens is 258 g/mol. The van der Waals surface area contributed by atoms with Gasteiger partial charge in [0, 0.05) is 17.4 Å². The van der Waals surface area contributed by atoms with Crippen molar-refractivity contribution in [2.24, 2.45) is 5.73 Å². The van der Waals surface area contributed by atoms with Gasteiger partial charge in [-0.25, -0.2) is 0 Å². The SMILES string of the molecule is NCCOCC(=O)Cc1ccccc1Br. The Morgan fingerprint density at radius 2 is 2.13 bits per heavy atom. The van der Waals surface area contributed by atoms with E-state index in [1.165, 1.54) is 0 Å². The first kappa shape index (κ1) is 12.4. The third-order valence-corrected chi connectivity index (χ3v) is 2.64. The molecule has 2 N–H and O–H groups in total. The lowest BCUT2D eigenvalue weighted by molar-refractivity contribution is -0.122. The van der Waals surface area contributed by atoms with Crippen LogP contribution in [0.4, 0.5) is 0 Å². The van der Waals surface area contributed by atoms with E-state index in [-0.39, 0.29) is 12.4 Å². The Bertz CT molecular complexity index is 328. The van der Waals surface area contributed by atoms with Gasteiger partial charge in [0.15, 0.2) is 5.78 Å². The summed E-state index contributed by atoms with van der Waals surface area (Å²) in [5.74, 6) is 0.0651. The third-order valence-electron chi connectivity index (χ3n) is 1.87. The molecule has 0 unspecified atom stereocenters. The van der Waals surface area contributed by atoms with Crippen LogP contribution < -0.4 is 5.73 Å². The molecule has 0 aliphatic rings. The van der Waals surface area contributed by atoms with Crippen molar-refractivity contribution in [3.63, 3.8) is 0 Å². The minimum Gasteiger partial charge on any atom is -0.372 e. The summed E-state index contributed by atoms with van der Waals surface area (Å²) in [7, 11) is 0. The molecule has 15 heavy (non-hydrogen) atoms. The average molecular weight is 272 g/mol. The molecule has 0 bridgehead atoms. The van der Waals surface area contributed by atoms with Gasteiger partial charge in [0.2, 0.25) is 0 Å². The zero-order chi connectivity index (χ0) is 11.1. The van der Waals surface area contributed by atoms with Crippen molar-refractivity contribution in [1.82, 2.24) is 0 Å². The number of hydrogen-bond acceptors (Lipinski definition) is 3. The molecule has 0 aromatic heterocycles. The summed E-state index contributed by atoms with van der Waals surface area (Å²) in [4.78, 5) is 11.5. The molecule has 1 aromatic carbocycles. The molecule has 3 nitrogen and oxygen atoms in total. The summed E-state index contributed by atoms with van der Waals surface area (Å²) < 4.78 is 6.02. The van der Waals surface area contributed by atoms with E-state index in [2.05, 4.69) is 15.9 Å². The molecule has 4 heteroatoms. The van der Waals surface area contributed by atoms with Gasteiger partial charge < -0.3 is 10.5 Å². The van der Waals surface area contributed by atoms with E-state index in [0.29, 0.717) is 19.6 Å². The van der Waals surface area contributed by atoms with E-state index < -0.39 is 0 Å². The van der Waals surface area contributed by atoms with Crippen LogP contribution in [0.25, 0.3) is 0 Å². The number of nitrogens with two attached hydrogens (primary N) is 1. The largest absolute Gasteiger partial charge is 0.372 e. The predicted molar refractivity (Wildman–Crippen MR) is 62.7 cm³/mol. The van der Waals surface area contributed by atoms with Crippen LogP contribution in [0.1, 0.15) is 5.56 Å². The van der Waals surface area contributed by atoms with Crippen LogP contribution >= 0.6 is 15.9 Å². The molecule has 0 fully saturated rings. The lowest BCUT2D eigenvalue weighted by Crippen LogP contribution is -2.16. The van der Waals surface area contributed by atoms with Crippen molar-refractivity contribution in [3.8, 4) is 0 Å². The highest BCUT2D eigenvalue weighted by Gasteiger charge is 2.06. The van der Waals surface area contributed by atoms with Gasteiger partial charge in [0.05, 0.1) is 6.61 Å². The van der Waals surface area contributed by atoms with Gasteiger partial charge in [-0.15, -0.1) is 0 Å². The summed E-state index contributed by atoms with van der Waals surface area (Å²) in [6, 6.07) is 7.67. The molecule has 82 valence electrons. The Kier molecular flexibility index (Phi) is 5.53. The van der Waals surface area contributed by atoms with Crippen LogP contribution in [0, 0.1) is 0 Å². The third kappa shape index (κ3) is 4.55. The molecule has 0 spiro atoms. The predicted octanol–water partition coefficient (Wildman–Crippen LogP) is 1.54. The molecule has 0 radical (unpaired) electrons. The van der Waals surface area contributed by atoms with Crippen molar-refractivity contribution in [1.29, 1.82) is 0 Å². The van der Waals surface area contributed by atoms with Gasteiger partial charge in [-0.3, -0.25) is 4.79 Å². The normalized spacial score (nSPS) is 10.3. The van der Waals surface area contributed by atoms with Crippen LogP contribution in [0.5, 0.6) is 0 Å². The number of hydrogen-bond donors (Lipinski definition) is 1. The number of rotatable bonds is 6. The zero-order valence-electron chi connectivity index (χ0n) is 8.41. The minimum absolute atomic E-state index is 0.0651. The van der Waals surface area contributed by atoms with Crippen molar-refractivity contribution in [2.75, 3.05) is 19.8 Å². The molecular formula is C11H14BrNO2. The highest BCUT2D eigenvalue weighted by atomic mass is 79.9. The van der Waals surface area contributed by atoms with Gasteiger partial charge >= 0.3 is 0 Å². The lowest BCUT2D eigenvalue weighted by Gasteiger charge is -2.04. The molecule has 0 aliphatic heterocycles. The number of carbonyl (C=O) groups excluding carboxylic acids is 1. The van der Waals surface area contributed by atoms with Crippen molar-refractivity contribution in [2.45, 2.75) is 6.42 Å². The van der Waals surface area contributed by atoms with E-state index in [1.54, 1.807) is 0 Å². The monoisotopic (exact) mass is 271 g/mol. The highest BCUT2D eigenvalue weighted by molar-refractivity contribution is 9.10. The maximum absolute atomic E-state index is 11.5. The first-order valence-electron chi connectivity index (χ1n) is 4.77. The molecule has 1 aromatic rings. The Balaban J connectivity index is 2.41. The smallest absolute Gasteiger partial charge is 0.162 e. The summed E-state index contributed by atoms with van der Waals surface area (Å²) in [6.07, 6.45) is 0.395. The molecule has 0 saturated heterocycles. The Morgan fingerprint density at radius 3 is 2.80 bits per heavy atom. The first-order valence-corrected chi connectivity index (χ1v) is 5.56. The zero-order valence-corrected chi connectivity index (χ0v) is 10.00. The van der Waals surface area contributed by atoms with Gasteiger partial charge in [-0.2, -0.15) is 0 Å². The quantitative estimate of drug-likeness (QED) is 0.799. The number of ether oxygens (including phenoxy) is 1. The van der Waals surface area contributed by atoms with Crippen molar-refractivity contribution >= 4 is 21.7 Å². The Labute approximate surface area is 97.7 Å². The van der Waals surface area contributed by atoms with Gasteiger partial charge in [-0.1, -0.05) is 34.1 Å². The van der Waals surface area contributed by atoms with Gasteiger partial charge in [0.1, 0.15) is 6.61 Å². The van der Waals surface area contributed by atoms with Crippen molar-refractivity contribution in [3.05, 3.63) is 34.3 Å². The van der Waals surface area contributed by atoms with E-state index in [4.69, 9.17) is 10.5 Å². The molecule has 0 aliphatic carbocycles. The van der Waals surface area contributed by atoms with Crippen LogP contribution in [0.3, 0.4) is 0 Å². The fraction of sp³-hybridized carbons (Fsp3) is 0.364. The van der Waals surface area contributed by atoms with Crippen molar-refractivity contribution < 1.29 is 9.53 Å². The molecule has 0 atom stereocenters. The standard InChI is InChI=1S/C11H14BrNO2/c12-11-4-2-1-3-9(11)7-10(14)8-15-6-5-13/h1-4H,5-8,13H2. The lowest BCUT2D eigenvalue weighted by atomic mass is 10.1. The second-order valence-corrected chi connectivity index (χ2v) is 4.00. The Morgan fingerprint density at radius 1 is 1.40 bits per heavy atom. The van der Waals surface area contributed by atoms with Gasteiger partial charge in [0.25, 0.3) is 0 Å². The maximum atomic E-state index is 11.5. The van der Waals surface area contributed by atoms with Crippen LogP contribution in [-0.2, 0) is 16.0 Å². The fourth-order valence-corrected chi connectivity index (χ4v) is 1.60. The summed E-state index contributed by atoms with van der Waals surface area (Å²) in [5, 5.41) is 0. The highest BCUT2D eigenvalue weighted by Crippen LogP contribution is 2.16. The molecule has 0 saturated carbocycles. The number of carbonyl (C=O) groups is 1. The number of benzene rings is 1. The molecule has 0 heterocycles. The average Bonchev–Trinajstić information content (AvgIpc) is 2.22. The van der Waals surface area contributed by atoms with E-state index in [9.17, 15) is 4.79 Å². The van der Waals surface area contributed by atoms with Gasteiger partial charge in [-0.05, 0) is 11.6 Å². The molecule has 0 amide bonds.